The highest BCUT2D eigenvalue weighted by molar-refractivity contribution is 6.16. The molecule has 9 nitrogen and oxygen atoms in total. The second kappa shape index (κ2) is 8.86. The number of ether oxygens (including phenoxy) is 3. The van der Waals surface area contributed by atoms with Crippen molar-refractivity contribution in [2.75, 3.05) is 21.3 Å². The Morgan fingerprint density at radius 1 is 0.870 bits per heavy atom. The molecule has 0 aromatic rings. The summed E-state index contributed by atoms with van der Waals surface area (Å²) in [4.78, 5) is 59.0. The smallest absolute Gasteiger partial charge is 0.339 e. The number of hydrogen-bond acceptors (Lipinski definition) is 8. The molecular formula is C14H21NO8. The molecule has 130 valence electrons. The Morgan fingerprint density at radius 3 is 1.74 bits per heavy atom. The maximum absolute atomic E-state index is 12.4. The van der Waals surface area contributed by atoms with Gasteiger partial charge in [-0.2, -0.15) is 0 Å². The standard InChI is InChI=1S/C14H21NO8/c1-8(2)14(13(20)23-5,9(16)6-11(18)21-3)15-10(17)7-12(19)22-4/h8H,6-7H2,1-5H3,(H,15,17)/t14-/m0/s1. The summed E-state index contributed by atoms with van der Waals surface area (Å²) in [5.41, 5.74) is -2.10. The van der Waals surface area contributed by atoms with Crippen molar-refractivity contribution in [2.45, 2.75) is 32.2 Å². The van der Waals surface area contributed by atoms with Crippen LogP contribution in [0.4, 0.5) is 0 Å². The molecule has 1 N–H and O–H groups in total. The minimum Gasteiger partial charge on any atom is -0.469 e. The number of ketones is 1. The molecule has 0 heterocycles. The van der Waals surface area contributed by atoms with Crippen LogP contribution in [-0.4, -0.2) is 56.5 Å². The monoisotopic (exact) mass is 331 g/mol. The minimum absolute atomic E-state index is 0.687. The van der Waals surface area contributed by atoms with Gasteiger partial charge in [-0.3, -0.25) is 19.2 Å². The lowest BCUT2D eigenvalue weighted by Gasteiger charge is -2.33. The van der Waals surface area contributed by atoms with Crippen LogP contribution in [0.1, 0.15) is 26.7 Å². The number of amides is 1. The predicted molar refractivity (Wildman–Crippen MR) is 76.0 cm³/mol. The van der Waals surface area contributed by atoms with Gasteiger partial charge in [0.1, 0.15) is 12.8 Å². The lowest BCUT2D eigenvalue weighted by molar-refractivity contribution is -0.161. The van der Waals surface area contributed by atoms with Crippen LogP contribution in [0.15, 0.2) is 0 Å². The van der Waals surface area contributed by atoms with Gasteiger partial charge in [0.05, 0.1) is 21.3 Å². The molecule has 0 aliphatic heterocycles. The number of esters is 3. The summed E-state index contributed by atoms with van der Waals surface area (Å²) in [5, 5.41) is 2.20. The molecule has 1 amide bonds. The number of carbonyl (C=O) groups excluding carboxylic acids is 5. The van der Waals surface area contributed by atoms with E-state index in [2.05, 4.69) is 19.5 Å². The lowest BCUT2D eigenvalue weighted by Crippen LogP contribution is -2.64. The van der Waals surface area contributed by atoms with Crippen molar-refractivity contribution >= 4 is 29.6 Å². The van der Waals surface area contributed by atoms with Crippen molar-refractivity contribution < 1.29 is 38.2 Å². The Kier molecular flexibility index (Phi) is 7.92. The first-order chi connectivity index (χ1) is 10.6. The zero-order valence-electron chi connectivity index (χ0n) is 13.8. The van der Waals surface area contributed by atoms with Crippen molar-refractivity contribution in [1.29, 1.82) is 0 Å². The first-order valence-electron chi connectivity index (χ1n) is 6.72. The zero-order chi connectivity index (χ0) is 18.2. The SMILES string of the molecule is COC(=O)CC(=O)N[C@@](C(=O)CC(=O)OC)(C(=O)OC)C(C)C. The molecule has 0 rings (SSSR count). The molecule has 0 saturated carbocycles. The molecule has 23 heavy (non-hydrogen) atoms. The van der Waals surface area contributed by atoms with E-state index in [0.29, 0.717) is 0 Å². The highest BCUT2D eigenvalue weighted by atomic mass is 16.5. The van der Waals surface area contributed by atoms with Crippen molar-refractivity contribution in [1.82, 2.24) is 5.32 Å². The van der Waals surface area contributed by atoms with E-state index in [9.17, 15) is 24.0 Å². The molecule has 0 radical (unpaired) electrons. The van der Waals surface area contributed by atoms with Gasteiger partial charge in [0.25, 0.3) is 0 Å². The molecule has 0 bridgehead atoms. The van der Waals surface area contributed by atoms with E-state index >= 15 is 0 Å². The normalized spacial score (nSPS) is 12.8. The highest BCUT2D eigenvalue weighted by Gasteiger charge is 2.51. The molecule has 0 saturated heterocycles. The van der Waals surface area contributed by atoms with Crippen LogP contribution in [0, 0.1) is 5.92 Å². The predicted octanol–water partition coefficient (Wildman–Crippen LogP) is -0.634. The first kappa shape index (κ1) is 20.6. The molecule has 0 aliphatic carbocycles. The Morgan fingerprint density at radius 2 is 1.35 bits per heavy atom. The molecule has 0 unspecified atom stereocenters. The van der Waals surface area contributed by atoms with E-state index in [1.54, 1.807) is 0 Å². The third-order valence-corrected chi connectivity index (χ3v) is 3.21. The molecule has 0 aromatic heterocycles. The highest BCUT2D eigenvalue weighted by Crippen LogP contribution is 2.23. The van der Waals surface area contributed by atoms with Crippen LogP contribution < -0.4 is 5.32 Å². The van der Waals surface area contributed by atoms with Crippen LogP contribution >= 0.6 is 0 Å². The van der Waals surface area contributed by atoms with Gasteiger partial charge in [0.2, 0.25) is 5.91 Å². The summed E-state index contributed by atoms with van der Waals surface area (Å²) >= 11 is 0. The third kappa shape index (κ3) is 5.04. The quantitative estimate of drug-likeness (QED) is 0.354. The van der Waals surface area contributed by atoms with Gasteiger partial charge in [0, 0.05) is 0 Å². The lowest BCUT2D eigenvalue weighted by atomic mass is 9.80. The fraction of sp³-hybridized carbons (Fsp3) is 0.643. The van der Waals surface area contributed by atoms with Gasteiger partial charge >= 0.3 is 17.9 Å². The molecule has 1 atom stereocenters. The van der Waals surface area contributed by atoms with Crippen LogP contribution in [0.25, 0.3) is 0 Å². The van der Waals surface area contributed by atoms with E-state index in [-0.39, 0.29) is 0 Å². The first-order valence-corrected chi connectivity index (χ1v) is 6.72. The van der Waals surface area contributed by atoms with Crippen LogP contribution in [0.3, 0.4) is 0 Å². The summed E-state index contributed by atoms with van der Waals surface area (Å²) in [6, 6.07) is 0. The Hall–Kier alpha value is -2.45. The van der Waals surface area contributed by atoms with Crippen LogP contribution in [0.5, 0.6) is 0 Å². The van der Waals surface area contributed by atoms with Gasteiger partial charge in [-0.15, -0.1) is 0 Å². The molecular weight excluding hydrogens is 310 g/mol. The maximum atomic E-state index is 12.4. The zero-order valence-corrected chi connectivity index (χ0v) is 13.8. The second-order valence-corrected chi connectivity index (χ2v) is 4.93. The van der Waals surface area contributed by atoms with E-state index < -0.39 is 53.9 Å². The van der Waals surface area contributed by atoms with Crippen molar-refractivity contribution in [3.8, 4) is 0 Å². The summed E-state index contributed by atoms with van der Waals surface area (Å²) in [7, 11) is 3.21. The fourth-order valence-corrected chi connectivity index (χ4v) is 1.91. The molecule has 0 aliphatic rings. The van der Waals surface area contributed by atoms with Crippen molar-refractivity contribution in [3.05, 3.63) is 0 Å². The van der Waals surface area contributed by atoms with Crippen LogP contribution in [-0.2, 0) is 38.2 Å². The maximum Gasteiger partial charge on any atom is 0.339 e. The summed E-state index contributed by atoms with van der Waals surface area (Å²) in [5.74, 6) is -5.30. The molecule has 9 heteroatoms. The Balaban J connectivity index is 5.63. The number of nitrogens with one attached hydrogen (secondary N) is 1. The van der Waals surface area contributed by atoms with Gasteiger partial charge in [-0.1, -0.05) is 13.8 Å². The van der Waals surface area contributed by atoms with E-state index in [4.69, 9.17) is 0 Å². The number of hydrogen-bond donors (Lipinski definition) is 1. The van der Waals surface area contributed by atoms with Gasteiger partial charge in [0.15, 0.2) is 11.3 Å². The molecule has 0 aromatic carbocycles. The van der Waals surface area contributed by atoms with Crippen molar-refractivity contribution in [3.63, 3.8) is 0 Å². The Bertz CT molecular complexity index is 499. The number of carbonyl (C=O) groups is 5. The van der Waals surface area contributed by atoms with E-state index in [1.807, 2.05) is 0 Å². The van der Waals surface area contributed by atoms with Gasteiger partial charge in [-0.25, -0.2) is 4.79 Å². The summed E-state index contributed by atoms with van der Waals surface area (Å²) in [6.45, 7) is 2.98. The van der Waals surface area contributed by atoms with E-state index in [0.717, 1.165) is 21.3 Å². The van der Waals surface area contributed by atoms with Crippen LogP contribution in [0.2, 0.25) is 0 Å². The van der Waals surface area contributed by atoms with Crippen molar-refractivity contribution in [2.24, 2.45) is 5.92 Å². The summed E-state index contributed by atoms with van der Waals surface area (Å²) in [6.07, 6.45) is -1.42. The summed E-state index contributed by atoms with van der Waals surface area (Å²) < 4.78 is 13.4. The minimum atomic E-state index is -2.10. The average molecular weight is 331 g/mol. The Labute approximate surface area is 133 Å². The largest absolute Gasteiger partial charge is 0.469 e. The second-order valence-electron chi connectivity index (χ2n) is 4.93. The number of methoxy groups -OCH3 is 3. The topological polar surface area (TPSA) is 125 Å². The fourth-order valence-electron chi connectivity index (χ4n) is 1.91. The number of rotatable bonds is 8. The van der Waals surface area contributed by atoms with E-state index in [1.165, 1.54) is 13.8 Å². The molecule has 0 fully saturated rings. The number of Topliss-reactive ketones (excluding diaryl/α,β-unsaturated/α-hetero) is 1. The van der Waals surface area contributed by atoms with Gasteiger partial charge < -0.3 is 19.5 Å². The molecule has 0 spiro atoms. The van der Waals surface area contributed by atoms with Gasteiger partial charge in [-0.05, 0) is 5.92 Å². The average Bonchev–Trinajstić information content (AvgIpc) is 2.50. The third-order valence-electron chi connectivity index (χ3n) is 3.21.